The van der Waals surface area contributed by atoms with Gasteiger partial charge in [-0.25, -0.2) is 0 Å². The fourth-order valence-electron chi connectivity index (χ4n) is 2.91. The number of rotatable bonds is 4. The number of anilines is 1. The number of alkyl halides is 1. The molecule has 0 N–H and O–H groups in total. The Bertz CT molecular complexity index is 413. The lowest BCUT2D eigenvalue weighted by Gasteiger charge is -2.28. The fourth-order valence-corrected chi connectivity index (χ4v) is 3.30. The Hall–Kier alpha value is -0.400. The third kappa shape index (κ3) is 2.62. The summed E-state index contributed by atoms with van der Waals surface area (Å²) in [5, 5.41) is 0.796. The minimum absolute atomic E-state index is 0.478. The van der Waals surface area contributed by atoms with Crippen LogP contribution in [0.2, 0.25) is 5.02 Å². The number of benzene rings is 1. The maximum Gasteiger partial charge on any atom is 0.0494 e. The SMILES string of the molecule is CCC1(CC)CCN(c2cc(Cl)ccc2CCl)C1. The maximum atomic E-state index is 6.12. The minimum atomic E-state index is 0.478. The molecule has 3 heteroatoms. The molecular weight excluding hydrogens is 265 g/mol. The van der Waals surface area contributed by atoms with E-state index < -0.39 is 0 Å². The lowest BCUT2D eigenvalue weighted by atomic mass is 9.82. The van der Waals surface area contributed by atoms with Crippen molar-refractivity contribution in [3.8, 4) is 0 Å². The average molecular weight is 286 g/mol. The lowest BCUT2D eigenvalue weighted by Crippen LogP contribution is -2.26. The first-order valence-electron chi connectivity index (χ1n) is 6.73. The summed E-state index contributed by atoms with van der Waals surface area (Å²) >= 11 is 12.2. The molecule has 0 amide bonds. The monoisotopic (exact) mass is 285 g/mol. The quantitative estimate of drug-likeness (QED) is 0.696. The molecule has 18 heavy (non-hydrogen) atoms. The van der Waals surface area contributed by atoms with E-state index >= 15 is 0 Å². The molecule has 1 heterocycles. The fraction of sp³-hybridized carbons (Fsp3) is 0.600. The van der Waals surface area contributed by atoms with Crippen molar-refractivity contribution in [3.63, 3.8) is 0 Å². The summed E-state index contributed by atoms with van der Waals surface area (Å²) in [6, 6.07) is 6.02. The highest BCUT2D eigenvalue weighted by Gasteiger charge is 2.35. The zero-order valence-electron chi connectivity index (χ0n) is 11.2. The largest absolute Gasteiger partial charge is 0.371 e. The molecule has 0 atom stereocenters. The van der Waals surface area contributed by atoms with Crippen LogP contribution >= 0.6 is 23.2 Å². The van der Waals surface area contributed by atoms with E-state index in [1.165, 1.54) is 30.5 Å². The van der Waals surface area contributed by atoms with Gasteiger partial charge in [-0.2, -0.15) is 0 Å². The van der Waals surface area contributed by atoms with Gasteiger partial charge in [0.1, 0.15) is 0 Å². The van der Waals surface area contributed by atoms with Crippen LogP contribution in [0.5, 0.6) is 0 Å². The van der Waals surface area contributed by atoms with Crippen molar-refractivity contribution < 1.29 is 0 Å². The third-order valence-corrected chi connectivity index (χ3v) is 4.99. The molecule has 0 unspecified atom stereocenters. The van der Waals surface area contributed by atoms with Gasteiger partial charge in [0.05, 0.1) is 0 Å². The summed E-state index contributed by atoms with van der Waals surface area (Å²) in [6.07, 6.45) is 3.77. The van der Waals surface area contributed by atoms with Crippen LogP contribution in [-0.4, -0.2) is 13.1 Å². The van der Waals surface area contributed by atoms with E-state index in [1.54, 1.807) is 0 Å². The zero-order chi connectivity index (χ0) is 13.2. The summed E-state index contributed by atoms with van der Waals surface area (Å²) in [4.78, 5) is 2.45. The molecule has 0 radical (unpaired) electrons. The summed E-state index contributed by atoms with van der Waals surface area (Å²) < 4.78 is 0. The summed E-state index contributed by atoms with van der Waals surface area (Å²) in [5.74, 6) is 0.550. The van der Waals surface area contributed by atoms with Crippen LogP contribution < -0.4 is 4.90 Å². The topological polar surface area (TPSA) is 3.24 Å². The minimum Gasteiger partial charge on any atom is -0.371 e. The van der Waals surface area contributed by atoms with Gasteiger partial charge in [0.25, 0.3) is 0 Å². The summed E-state index contributed by atoms with van der Waals surface area (Å²) in [6.45, 7) is 6.84. The summed E-state index contributed by atoms with van der Waals surface area (Å²) in [5.41, 5.74) is 2.89. The molecule has 1 nitrogen and oxygen atoms in total. The molecular formula is C15H21Cl2N. The predicted molar refractivity (Wildman–Crippen MR) is 80.9 cm³/mol. The Balaban J connectivity index is 2.26. The van der Waals surface area contributed by atoms with Crippen molar-refractivity contribution >= 4 is 28.9 Å². The van der Waals surface area contributed by atoms with Gasteiger partial charge in [-0.3, -0.25) is 0 Å². The Morgan fingerprint density at radius 3 is 2.56 bits per heavy atom. The number of hydrogen-bond donors (Lipinski definition) is 0. The molecule has 0 bridgehead atoms. The zero-order valence-corrected chi connectivity index (χ0v) is 12.7. The summed E-state index contributed by atoms with van der Waals surface area (Å²) in [7, 11) is 0. The first-order chi connectivity index (χ1) is 8.64. The van der Waals surface area contributed by atoms with E-state index in [4.69, 9.17) is 23.2 Å². The third-order valence-electron chi connectivity index (χ3n) is 4.47. The van der Waals surface area contributed by atoms with Crippen molar-refractivity contribution in [2.45, 2.75) is 39.0 Å². The van der Waals surface area contributed by atoms with Crippen molar-refractivity contribution in [2.24, 2.45) is 5.41 Å². The molecule has 1 saturated heterocycles. The van der Waals surface area contributed by atoms with E-state index in [0.717, 1.165) is 18.1 Å². The van der Waals surface area contributed by atoms with Gasteiger partial charge in [0.15, 0.2) is 0 Å². The Kier molecular flexibility index (Phi) is 4.45. The molecule has 1 aliphatic heterocycles. The molecule has 2 rings (SSSR count). The van der Waals surface area contributed by atoms with Gasteiger partial charge in [-0.1, -0.05) is 31.5 Å². The number of halogens is 2. The van der Waals surface area contributed by atoms with Gasteiger partial charge >= 0.3 is 0 Å². The van der Waals surface area contributed by atoms with Crippen molar-refractivity contribution in [2.75, 3.05) is 18.0 Å². The van der Waals surface area contributed by atoms with Crippen molar-refractivity contribution in [1.29, 1.82) is 0 Å². The first-order valence-corrected chi connectivity index (χ1v) is 7.64. The first kappa shape index (κ1) is 14.0. The van der Waals surface area contributed by atoms with E-state index in [0.29, 0.717) is 11.3 Å². The second-order valence-corrected chi connectivity index (χ2v) is 5.99. The Morgan fingerprint density at radius 1 is 1.28 bits per heavy atom. The molecule has 1 aliphatic rings. The Morgan fingerprint density at radius 2 is 2.00 bits per heavy atom. The van der Waals surface area contributed by atoms with Crippen molar-refractivity contribution in [3.05, 3.63) is 28.8 Å². The van der Waals surface area contributed by atoms with Crippen LogP contribution in [0.25, 0.3) is 0 Å². The van der Waals surface area contributed by atoms with E-state index in [1.807, 2.05) is 12.1 Å². The molecule has 1 aromatic carbocycles. The van der Waals surface area contributed by atoms with E-state index in [2.05, 4.69) is 24.8 Å². The molecule has 1 fully saturated rings. The highest BCUT2D eigenvalue weighted by atomic mass is 35.5. The number of hydrogen-bond acceptors (Lipinski definition) is 1. The van der Waals surface area contributed by atoms with Crippen LogP contribution in [0, 0.1) is 5.41 Å². The van der Waals surface area contributed by atoms with Crippen LogP contribution in [-0.2, 0) is 5.88 Å². The van der Waals surface area contributed by atoms with Gasteiger partial charge < -0.3 is 4.90 Å². The highest BCUT2D eigenvalue weighted by molar-refractivity contribution is 6.31. The van der Waals surface area contributed by atoms with E-state index in [-0.39, 0.29) is 0 Å². The standard InChI is InChI=1S/C15H21Cl2N/c1-3-15(4-2)7-8-18(11-15)14-9-13(17)6-5-12(14)10-16/h5-6,9H,3-4,7-8,10-11H2,1-2H3. The normalized spacial score (nSPS) is 18.3. The molecule has 0 aliphatic carbocycles. The number of nitrogens with zero attached hydrogens (tertiary/aromatic N) is 1. The predicted octanol–water partition coefficient (Wildman–Crippen LogP) is 5.10. The maximum absolute atomic E-state index is 6.12. The Labute approximate surface area is 120 Å². The lowest BCUT2D eigenvalue weighted by molar-refractivity contribution is 0.301. The van der Waals surface area contributed by atoms with Crippen LogP contribution in [0.4, 0.5) is 5.69 Å². The van der Waals surface area contributed by atoms with E-state index in [9.17, 15) is 0 Å². The van der Waals surface area contributed by atoms with Crippen molar-refractivity contribution in [1.82, 2.24) is 0 Å². The van der Waals surface area contributed by atoms with Crippen LogP contribution in [0.15, 0.2) is 18.2 Å². The second kappa shape index (κ2) is 5.71. The molecule has 0 spiro atoms. The second-order valence-electron chi connectivity index (χ2n) is 5.29. The highest BCUT2D eigenvalue weighted by Crippen LogP contribution is 2.40. The molecule has 1 aromatic rings. The molecule has 100 valence electrons. The molecule has 0 saturated carbocycles. The van der Waals surface area contributed by atoms with Gasteiger partial charge in [-0.05, 0) is 42.4 Å². The van der Waals surface area contributed by atoms with Gasteiger partial charge in [-0.15, -0.1) is 11.6 Å². The van der Waals surface area contributed by atoms with Gasteiger partial charge in [0, 0.05) is 29.7 Å². The average Bonchev–Trinajstić information content (AvgIpc) is 2.83. The molecule has 0 aromatic heterocycles. The van der Waals surface area contributed by atoms with Crippen LogP contribution in [0.1, 0.15) is 38.7 Å². The van der Waals surface area contributed by atoms with Crippen LogP contribution in [0.3, 0.4) is 0 Å². The smallest absolute Gasteiger partial charge is 0.0494 e. The van der Waals surface area contributed by atoms with Gasteiger partial charge in [0.2, 0.25) is 0 Å².